The molecule has 1 aliphatic rings. The number of anilines is 1. The lowest BCUT2D eigenvalue weighted by Gasteiger charge is -2.37. The molecule has 1 heterocycles. The molecule has 26 heavy (non-hydrogen) atoms. The molecule has 2 amide bonds. The van der Waals surface area contributed by atoms with E-state index in [4.69, 9.17) is 0 Å². The van der Waals surface area contributed by atoms with Crippen molar-refractivity contribution in [1.29, 1.82) is 0 Å². The molecule has 0 spiro atoms. The van der Waals surface area contributed by atoms with E-state index < -0.39 is 0 Å². The van der Waals surface area contributed by atoms with Crippen molar-refractivity contribution >= 4 is 11.7 Å². The summed E-state index contributed by atoms with van der Waals surface area (Å²) in [5.74, 6) is -0.219. The van der Waals surface area contributed by atoms with Gasteiger partial charge in [-0.25, -0.2) is 9.18 Å². The van der Waals surface area contributed by atoms with Crippen molar-refractivity contribution in [2.24, 2.45) is 0 Å². The Morgan fingerprint density at radius 2 is 1.65 bits per heavy atom. The zero-order chi connectivity index (χ0) is 18.5. The van der Waals surface area contributed by atoms with Crippen LogP contribution in [0.4, 0.5) is 14.9 Å². The number of carbonyl (C=O) groups is 1. The van der Waals surface area contributed by atoms with E-state index in [9.17, 15) is 9.18 Å². The number of carbonyl (C=O) groups excluding carboxylic acids is 1. The topological polar surface area (TPSA) is 35.6 Å². The van der Waals surface area contributed by atoms with E-state index in [2.05, 4.69) is 42.3 Å². The molecule has 0 aromatic heterocycles. The fraction of sp³-hybridized carbons (Fsp3) is 0.381. The van der Waals surface area contributed by atoms with Gasteiger partial charge in [-0.1, -0.05) is 36.4 Å². The fourth-order valence-electron chi connectivity index (χ4n) is 3.55. The number of nitrogens with one attached hydrogen (secondary N) is 1. The highest BCUT2D eigenvalue weighted by Gasteiger charge is 2.22. The van der Waals surface area contributed by atoms with Gasteiger partial charge in [0.25, 0.3) is 0 Å². The summed E-state index contributed by atoms with van der Waals surface area (Å²) in [6, 6.07) is 13.0. The lowest BCUT2D eigenvalue weighted by molar-refractivity contribution is 0.194. The molecule has 1 N–H and O–H groups in total. The summed E-state index contributed by atoms with van der Waals surface area (Å²) >= 11 is 0. The molecule has 1 fully saturated rings. The molecule has 4 nitrogen and oxygen atoms in total. The Kier molecular flexibility index (Phi) is 5.76. The summed E-state index contributed by atoms with van der Waals surface area (Å²) in [7, 11) is 0. The molecule has 0 unspecified atom stereocenters. The van der Waals surface area contributed by atoms with E-state index in [1.165, 1.54) is 22.9 Å². The number of nitrogens with zero attached hydrogens (tertiary/aromatic N) is 2. The average Bonchev–Trinajstić information content (AvgIpc) is 2.63. The molecular formula is C21H26FN3O. The standard InChI is InChI=1S/C21H26FN3O/c1-16-6-5-7-17(2)20(16)24-12-14-25(15-13-24)21(26)23-11-10-18-8-3-4-9-19(18)22/h3-9H,10-15H2,1-2H3,(H,23,26). The summed E-state index contributed by atoms with van der Waals surface area (Å²) < 4.78 is 13.6. The van der Waals surface area contributed by atoms with E-state index >= 15 is 0 Å². The first-order chi connectivity index (χ1) is 12.6. The highest BCUT2D eigenvalue weighted by atomic mass is 19.1. The Bertz CT molecular complexity index is 749. The predicted octanol–water partition coefficient (Wildman–Crippen LogP) is 3.52. The Morgan fingerprint density at radius 3 is 2.31 bits per heavy atom. The van der Waals surface area contributed by atoms with Gasteiger partial charge >= 0.3 is 6.03 Å². The number of amides is 2. The van der Waals surface area contributed by atoms with Crippen LogP contribution >= 0.6 is 0 Å². The number of rotatable bonds is 4. The van der Waals surface area contributed by atoms with Gasteiger partial charge in [-0.3, -0.25) is 0 Å². The van der Waals surface area contributed by atoms with E-state index in [-0.39, 0.29) is 11.8 Å². The minimum absolute atomic E-state index is 0.0671. The molecule has 5 heteroatoms. The number of hydrogen-bond donors (Lipinski definition) is 1. The molecule has 0 aliphatic carbocycles. The van der Waals surface area contributed by atoms with Crippen LogP contribution in [0.3, 0.4) is 0 Å². The number of halogens is 1. The van der Waals surface area contributed by atoms with E-state index in [0.29, 0.717) is 31.6 Å². The highest BCUT2D eigenvalue weighted by molar-refractivity contribution is 5.74. The normalized spacial score (nSPS) is 14.4. The molecule has 1 aliphatic heterocycles. The minimum Gasteiger partial charge on any atom is -0.368 e. The van der Waals surface area contributed by atoms with Crippen molar-refractivity contribution < 1.29 is 9.18 Å². The van der Waals surface area contributed by atoms with Crippen molar-refractivity contribution in [3.05, 3.63) is 65.0 Å². The van der Waals surface area contributed by atoms with E-state index in [1.54, 1.807) is 12.1 Å². The zero-order valence-corrected chi connectivity index (χ0v) is 15.5. The maximum absolute atomic E-state index is 13.6. The van der Waals surface area contributed by atoms with Gasteiger partial charge in [0, 0.05) is 38.4 Å². The van der Waals surface area contributed by atoms with Gasteiger partial charge in [0.15, 0.2) is 0 Å². The smallest absolute Gasteiger partial charge is 0.317 e. The van der Waals surface area contributed by atoms with E-state index in [0.717, 1.165) is 13.1 Å². The van der Waals surface area contributed by atoms with Gasteiger partial charge in [0.05, 0.1) is 0 Å². The summed E-state index contributed by atoms with van der Waals surface area (Å²) in [6.07, 6.45) is 0.501. The number of benzene rings is 2. The monoisotopic (exact) mass is 355 g/mol. The summed E-state index contributed by atoms with van der Waals surface area (Å²) in [6.45, 7) is 7.74. The fourth-order valence-corrected chi connectivity index (χ4v) is 3.55. The SMILES string of the molecule is Cc1cccc(C)c1N1CCN(C(=O)NCCc2ccccc2F)CC1. The van der Waals surface area contributed by atoms with Crippen LogP contribution < -0.4 is 10.2 Å². The van der Waals surface area contributed by atoms with Gasteiger partial charge in [0.1, 0.15) is 5.82 Å². The third-order valence-electron chi connectivity index (χ3n) is 4.95. The zero-order valence-electron chi connectivity index (χ0n) is 15.5. The van der Waals surface area contributed by atoms with Gasteiger partial charge in [-0.15, -0.1) is 0 Å². The molecule has 0 bridgehead atoms. The second-order valence-electron chi connectivity index (χ2n) is 6.79. The van der Waals surface area contributed by atoms with Crippen molar-refractivity contribution in [1.82, 2.24) is 10.2 Å². The van der Waals surface area contributed by atoms with Gasteiger partial charge in [-0.05, 0) is 43.0 Å². The van der Waals surface area contributed by atoms with Crippen molar-refractivity contribution in [2.45, 2.75) is 20.3 Å². The Hall–Kier alpha value is -2.56. The maximum atomic E-state index is 13.6. The van der Waals surface area contributed by atoms with Crippen LogP contribution in [0.5, 0.6) is 0 Å². The number of hydrogen-bond acceptors (Lipinski definition) is 2. The second kappa shape index (κ2) is 8.21. The van der Waals surface area contributed by atoms with Crippen LogP contribution in [0.1, 0.15) is 16.7 Å². The van der Waals surface area contributed by atoms with Crippen LogP contribution in [0, 0.1) is 19.7 Å². The highest BCUT2D eigenvalue weighted by Crippen LogP contribution is 2.25. The first-order valence-corrected chi connectivity index (χ1v) is 9.13. The van der Waals surface area contributed by atoms with Gasteiger partial charge in [-0.2, -0.15) is 0 Å². The Morgan fingerprint density at radius 1 is 1.00 bits per heavy atom. The van der Waals surface area contributed by atoms with Crippen LogP contribution in [-0.2, 0) is 6.42 Å². The van der Waals surface area contributed by atoms with Crippen LogP contribution in [-0.4, -0.2) is 43.7 Å². The first-order valence-electron chi connectivity index (χ1n) is 9.13. The van der Waals surface area contributed by atoms with Crippen LogP contribution in [0.25, 0.3) is 0 Å². The quantitative estimate of drug-likeness (QED) is 0.911. The number of urea groups is 1. The van der Waals surface area contributed by atoms with Crippen LogP contribution in [0.15, 0.2) is 42.5 Å². The number of aryl methyl sites for hydroxylation is 2. The first kappa shape index (κ1) is 18.2. The molecule has 2 aromatic rings. The molecule has 0 radical (unpaired) electrons. The Labute approximate surface area is 154 Å². The summed E-state index contributed by atoms with van der Waals surface area (Å²) in [5, 5.41) is 2.91. The molecular weight excluding hydrogens is 329 g/mol. The minimum atomic E-state index is -0.219. The summed E-state index contributed by atoms with van der Waals surface area (Å²) in [5.41, 5.74) is 4.46. The molecule has 0 atom stereocenters. The van der Waals surface area contributed by atoms with Gasteiger partial charge < -0.3 is 15.1 Å². The van der Waals surface area contributed by atoms with Crippen molar-refractivity contribution in [3.8, 4) is 0 Å². The maximum Gasteiger partial charge on any atom is 0.317 e. The van der Waals surface area contributed by atoms with Gasteiger partial charge in [0.2, 0.25) is 0 Å². The number of piperazine rings is 1. The molecule has 1 saturated heterocycles. The Balaban J connectivity index is 1.49. The predicted molar refractivity (Wildman–Crippen MR) is 103 cm³/mol. The van der Waals surface area contributed by atoms with E-state index in [1.807, 2.05) is 11.0 Å². The number of para-hydroxylation sites is 1. The lowest BCUT2D eigenvalue weighted by atomic mass is 10.1. The third kappa shape index (κ3) is 4.15. The largest absolute Gasteiger partial charge is 0.368 e. The molecule has 2 aromatic carbocycles. The lowest BCUT2D eigenvalue weighted by Crippen LogP contribution is -2.52. The molecule has 0 saturated carbocycles. The van der Waals surface area contributed by atoms with Crippen molar-refractivity contribution in [2.75, 3.05) is 37.6 Å². The van der Waals surface area contributed by atoms with Crippen molar-refractivity contribution in [3.63, 3.8) is 0 Å². The molecule has 3 rings (SSSR count). The second-order valence-corrected chi connectivity index (χ2v) is 6.79. The molecule has 138 valence electrons. The van der Waals surface area contributed by atoms with Crippen LogP contribution in [0.2, 0.25) is 0 Å². The summed E-state index contributed by atoms with van der Waals surface area (Å²) in [4.78, 5) is 16.5. The average molecular weight is 355 g/mol. The third-order valence-corrected chi connectivity index (χ3v) is 4.95.